The van der Waals surface area contributed by atoms with Crippen molar-refractivity contribution >= 4 is 48.1 Å². The molecule has 0 bridgehead atoms. The molecule has 0 aliphatic rings. The van der Waals surface area contributed by atoms with Crippen LogP contribution in [-0.2, 0) is 6.54 Å². The molecule has 34 heavy (non-hydrogen) atoms. The fourth-order valence-corrected chi connectivity index (χ4v) is 4.97. The number of fused-ring (bicyclic) bond motifs is 1. The summed E-state index contributed by atoms with van der Waals surface area (Å²) in [5.41, 5.74) is 6.26. The van der Waals surface area contributed by atoms with Gasteiger partial charge in [-0.15, -0.1) is 0 Å². The lowest BCUT2D eigenvalue weighted by atomic mass is 10.1. The second kappa shape index (κ2) is 9.67. The van der Waals surface area contributed by atoms with Gasteiger partial charge in [-0.1, -0.05) is 39.4 Å². The first kappa shape index (κ1) is 22.1. The molecule has 1 unspecified atom stereocenters. The normalized spacial score (nSPS) is 11.3. The summed E-state index contributed by atoms with van der Waals surface area (Å²) in [6.45, 7) is 6.86. The lowest BCUT2D eigenvalue weighted by Gasteiger charge is -2.13. The number of hydrogen-bond donors (Lipinski definition) is 3. The predicted molar refractivity (Wildman–Crippen MR) is 145 cm³/mol. The van der Waals surface area contributed by atoms with Gasteiger partial charge in [0, 0.05) is 40.4 Å². The molecule has 0 aliphatic heterocycles. The molecule has 0 amide bonds. The van der Waals surface area contributed by atoms with Gasteiger partial charge in [0.1, 0.15) is 11.6 Å². The molecule has 0 saturated heterocycles. The van der Waals surface area contributed by atoms with Crippen LogP contribution in [0.25, 0.3) is 22.6 Å². The van der Waals surface area contributed by atoms with Gasteiger partial charge in [0.05, 0.1) is 11.9 Å². The molecule has 0 saturated carbocycles. The fraction of sp³-hybridized carbons (Fsp3) is 0.0769. The Hall–Kier alpha value is -3.67. The van der Waals surface area contributed by atoms with Gasteiger partial charge in [0.2, 0.25) is 0 Å². The summed E-state index contributed by atoms with van der Waals surface area (Å²) in [7, 11) is 0.565. The molecule has 5 rings (SSSR count). The highest BCUT2D eigenvalue weighted by Gasteiger charge is 2.14. The molecule has 3 heterocycles. The number of aromatic hydroxyl groups is 1. The van der Waals surface area contributed by atoms with Crippen LogP contribution in [0, 0.1) is 0 Å². The quantitative estimate of drug-likeness (QED) is 0.243. The summed E-state index contributed by atoms with van der Waals surface area (Å²) in [4.78, 5) is 4.81. The van der Waals surface area contributed by atoms with E-state index in [9.17, 15) is 5.11 Å². The first-order valence-corrected chi connectivity index (χ1v) is 13.2. The number of anilines is 2. The molecule has 3 aromatic heterocycles. The van der Waals surface area contributed by atoms with E-state index in [4.69, 9.17) is 4.98 Å². The number of nitrogens with zero attached hydrogens (tertiary/aromatic N) is 3. The molecule has 3 N–H and O–H groups in total. The van der Waals surface area contributed by atoms with Crippen LogP contribution in [0.2, 0.25) is 0 Å². The summed E-state index contributed by atoms with van der Waals surface area (Å²) >= 11 is 1.65. The van der Waals surface area contributed by atoms with Gasteiger partial charge in [-0.25, -0.2) is 4.98 Å². The van der Waals surface area contributed by atoms with Gasteiger partial charge >= 0.3 is 0 Å². The minimum atomic E-state index is 0.204. The number of phenols is 1. The molecule has 1 atom stereocenters. The zero-order valence-electron chi connectivity index (χ0n) is 18.6. The molecule has 0 aliphatic carbocycles. The minimum absolute atomic E-state index is 0.204. The molecular weight excluding hydrogens is 461 g/mol. The zero-order valence-corrected chi connectivity index (χ0v) is 20.4. The van der Waals surface area contributed by atoms with E-state index in [0.717, 1.165) is 39.3 Å². The zero-order chi connectivity index (χ0) is 23.5. The number of thiophene rings is 1. The predicted octanol–water partition coefficient (Wildman–Crippen LogP) is 5.79. The SMILES string of the molecule is C=C(Nc1cccc(CNc2cc(-c3ccccc3O)nc3c(PC)cnn23)c1)c1ccsc1. The van der Waals surface area contributed by atoms with Crippen molar-refractivity contribution in [3.63, 3.8) is 0 Å². The molecule has 6 nitrogen and oxygen atoms in total. The van der Waals surface area contributed by atoms with Crippen LogP contribution < -0.4 is 15.9 Å². The number of para-hydroxylation sites is 1. The van der Waals surface area contributed by atoms with E-state index in [2.05, 4.69) is 52.6 Å². The van der Waals surface area contributed by atoms with E-state index >= 15 is 0 Å². The summed E-state index contributed by atoms with van der Waals surface area (Å²) in [6.07, 6.45) is 1.86. The van der Waals surface area contributed by atoms with E-state index in [1.54, 1.807) is 17.4 Å². The third-order valence-electron chi connectivity index (χ3n) is 5.49. The molecular formula is C26H24N5OPS. The lowest BCUT2D eigenvalue weighted by molar-refractivity contribution is 0.477. The third kappa shape index (κ3) is 4.53. The smallest absolute Gasteiger partial charge is 0.165 e. The van der Waals surface area contributed by atoms with Gasteiger partial charge in [-0.05, 0) is 53.3 Å². The first-order valence-electron chi connectivity index (χ1n) is 10.8. The Morgan fingerprint density at radius 1 is 1.15 bits per heavy atom. The van der Waals surface area contributed by atoms with E-state index in [0.29, 0.717) is 26.4 Å². The van der Waals surface area contributed by atoms with Crippen LogP contribution in [-0.4, -0.2) is 26.4 Å². The second-order valence-electron chi connectivity index (χ2n) is 7.76. The highest BCUT2D eigenvalue weighted by molar-refractivity contribution is 7.46. The van der Waals surface area contributed by atoms with Crippen molar-refractivity contribution in [3.05, 3.63) is 95.3 Å². The number of aromatic nitrogens is 3. The van der Waals surface area contributed by atoms with Crippen LogP contribution in [0.3, 0.4) is 0 Å². The van der Waals surface area contributed by atoms with Crippen molar-refractivity contribution in [2.45, 2.75) is 6.54 Å². The molecule has 0 spiro atoms. The van der Waals surface area contributed by atoms with E-state index in [1.807, 2.05) is 52.5 Å². The van der Waals surface area contributed by atoms with Crippen molar-refractivity contribution in [1.82, 2.24) is 14.6 Å². The minimum Gasteiger partial charge on any atom is -0.507 e. The van der Waals surface area contributed by atoms with Gasteiger partial charge in [-0.3, -0.25) is 0 Å². The van der Waals surface area contributed by atoms with Crippen molar-refractivity contribution in [1.29, 1.82) is 0 Å². The fourth-order valence-electron chi connectivity index (χ4n) is 3.73. The number of benzene rings is 2. The summed E-state index contributed by atoms with van der Waals surface area (Å²) in [6, 6.07) is 19.5. The van der Waals surface area contributed by atoms with Crippen molar-refractivity contribution in [2.24, 2.45) is 0 Å². The molecule has 170 valence electrons. The average molecular weight is 486 g/mol. The second-order valence-corrected chi connectivity index (χ2v) is 9.58. The Labute approximate surface area is 203 Å². The monoisotopic (exact) mass is 485 g/mol. The number of phenolic OH excluding ortho intramolecular Hbond substituents is 1. The van der Waals surface area contributed by atoms with Gasteiger partial charge in [-0.2, -0.15) is 21.0 Å². The van der Waals surface area contributed by atoms with Gasteiger partial charge < -0.3 is 15.7 Å². The maximum absolute atomic E-state index is 10.4. The van der Waals surface area contributed by atoms with E-state index in [1.165, 1.54) is 0 Å². The van der Waals surface area contributed by atoms with Crippen LogP contribution in [0.1, 0.15) is 11.1 Å². The maximum Gasteiger partial charge on any atom is 0.165 e. The lowest BCUT2D eigenvalue weighted by Crippen LogP contribution is -2.08. The Morgan fingerprint density at radius 2 is 2.03 bits per heavy atom. The van der Waals surface area contributed by atoms with Gasteiger partial charge in [0.15, 0.2) is 5.65 Å². The number of nitrogens with one attached hydrogen (secondary N) is 2. The van der Waals surface area contributed by atoms with Crippen molar-refractivity contribution in [3.8, 4) is 17.0 Å². The highest BCUT2D eigenvalue weighted by atomic mass is 32.1. The summed E-state index contributed by atoms with van der Waals surface area (Å²) in [5.74, 6) is 1.02. The molecule has 8 heteroatoms. The van der Waals surface area contributed by atoms with Crippen LogP contribution in [0.5, 0.6) is 5.75 Å². The van der Waals surface area contributed by atoms with Crippen LogP contribution >= 0.6 is 19.9 Å². The third-order valence-corrected chi connectivity index (χ3v) is 7.06. The number of hydrogen-bond acceptors (Lipinski definition) is 6. The Bertz CT molecular complexity index is 1460. The van der Waals surface area contributed by atoms with Crippen molar-refractivity contribution in [2.75, 3.05) is 17.3 Å². The molecule has 0 radical (unpaired) electrons. The van der Waals surface area contributed by atoms with E-state index < -0.39 is 0 Å². The largest absolute Gasteiger partial charge is 0.507 e. The van der Waals surface area contributed by atoms with Crippen molar-refractivity contribution < 1.29 is 5.11 Å². The standard InChI is InChI=1S/C26H24N5OPS/c1-17(19-10-11-34-16-19)29-20-7-5-6-18(12-20)14-27-25-13-22(21-8-3-4-9-23(21)32)30-26-24(33-2)15-28-31(25)26/h3-13,15-16,27,29,32-33H,1,14H2,2H3. The highest BCUT2D eigenvalue weighted by Crippen LogP contribution is 2.30. The van der Waals surface area contributed by atoms with Crippen LogP contribution in [0.4, 0.5) is 11.5 Å². The number of rotatable bonds is 8. The van der Waals surface area contributed by atoms with Gasteiger partial charge in [0.25, 0.3) is 0 Å². The molecule has 2 aromatic carbocycles. The molecule has 5 aromatic rings. The Balaban J connectivity index is 1.42. The van der Waals surface area contributed by atoms with E-state index in [-0.39, 0.29) is 5.75 Å². The van der Waals surface area contributed by atoms with Crippen LogP contribution in [0.15, 0.2) is 84.2 Å². The summed E-state index contributed by atoms with van der Waals surface area (Å²) in [5, 5.41) is 27.0. The maximum atomic E-state index is 10.4. The average Bonchev–Trinajstić information content (AvgIpc) is 3.53. The summed E-state index contributed by atoms with van der Waals surface area (Å²) < 4.78 is 1.83. The Kier molecular flexibility index (Phi) is 6.30. The molecule has 0 fully saturated rings. The topological polar surface area (TPSA) is 74.5 Å². The first-order chi connectivity index (χ1) is 16.6. The Morgan fingerprint density at radius 3 is 2.82 bits per heavy atom.